The molecular weight excluding hydrogens is 252 g/mol. The summed E-state index contributed by atoms with van der Waals surface area (Å²) in [5, 5.41) is 9.89. The molecule has 114 valence electrons. The van der Waals surface area contributed by atoms with Crippen molar-refractivity contribution < 1.29 is 9.84 Å². The van der Waals surface area contributed by atoms with Gasteiger partial charge in [0.2, 0.25) is 5.88 Å². The molecule has 1 atom stereocenters. The molecule has 0 aliphatic heterocycles. The summed E-state index contributed by atoms with van der Waals surface area (Å²) < 4.78 is 5.79. The second kappa shape index (κ2) is 9.72. The minimum absolute atomic E-state index is 0.447. The maximum Gasteiger partial charge on any atom is 0.213 e. The van der Waals surface area contributed by atoms with Crippen LogP contribution in [0.1, 0.15) is 57.7 Å². The second-order valence-corrected chi connectivity index (χ2v) is 5.25. The van der Waals surface area contributed by atoms with Gasteiger partial charge in [0.15, 0.2) is 0 Å². The molecule has 0 saturated heterocycles. The Morgan fingerprint density at radius 1 is 1.20 bits per heavy atom. The second-order valence-electron chi connectivity index (χ2n) is 5.25. The molecule has 1 rings (SSSR count). The lowest BCUT2D eigenvalue weighted by Crippen LogP contribution is -2.13. The van der Waals surface area contributed by atoms with Gasteiger partial charge >= 0.3 is 0 Å². The molecule has 0 radical (unpaired) electrons. The number of hydrogen-bond acceptors (Lipinski definition) is 4. The largest absolute Gasteiger partial charge is 0.477 e. The highest BCUT2D eigenvalue weighted by Crippen LogP contribution is 2.19. The zero-order valence-corrected chi connectivity index (χ0v) is 12.7. The van der Waals surface area contributed by atoms with Crippen molar-refractivity contribution in [3.05, 3.63) is 23.9 Å². The number of nitrogens with two attached hydrogens (primary N) is 1. The Morgan fingerprint density at radius 2 is 1.90 bits per heavy atom. The van der Waals surface area contributed by atoms with Gasteiger partial charge in [-0.15, -0.1) is 0 Å². The molecule has 0 bridgehead atoms. The molecule has 4 heteroatoms. The van der Waals surface area contributed by atoms with Crippen LogP contribution in [-0.2, 0) is 0 Å². The van der Waals surface area contributed by atoms with Crippen molar-refractivity contribution in [2.24, 2.45) is 11.7 Å². The van der Waals surface area contributed by atoms with E-state index in [4.69, 9.17) is 10.5 Å². The number of ether oxygens (including phenoxy) is 1. The van der Waals surface area contributed by atoms with Crippen molar-refractivity contribution in [3.63, 3.8) is 0 Å². The maximum atomic E-state index is 9.89. The first kappa shape index (κ1) is 16.9. The summed E-state index contributed by atoms with van der Waals surface area (Å²) >= 11 is 0. The molecule has 0 aliphatic carbocycles. The average molecular weight is 280 g/mol. The van der Waals surface area contributed by atoms with Gasteiger partial charge < -0.3 is 15.6 Å². The highest BCUT2D eigenvalue weighted by molar-refractivity contribution is 5.17. The lowest BCUT2D eigenvalue weighted by molar-refractivity contribution is 0.162. The highest BCUT2D eigenvalue weighted by atomic mass is 16.5. The number of hydrogen-bond donors (Lipinski definition) is 2. The third-order valence-electron chi connectivity index (χ3n) is 3.39. The lowest BCUT2D eigenvalue weighted by atomic mass is 9.99. The zero-order chi connectivity index (χ0) is 14.8. The molecule has 0 aliphatic rings. The summed E-state index contributed by atoms with van der Waals surface area (Å²) in [4.78, 5) is 4.36. The quantitative estimate of drug-likeness (QED) is 0.691. The van der Waals surface area contributed by atoms with E-state index in [9.17, 15) is 5.11 Å². The summed E-state index contributed by atoms with van der Waals surface area (Å²) in [6.07, 6.45) is 4.63. The van der Waals surface area contributed by atoms with E-state index in [1.54, 1.807) is 0 Å². The number of aliphatic hydroxyl groups excluding tert-OH is 1. The molecule has 0 fully saturated rings. The van der Waals surface area contributed by atoms with E-state index in [0.29, 0.717) is 37.1 Å². The van der Waals surface area contributed by atoms with Crippen LogP contribution >= 0.6 is 0 Å². The van der Waals surface area contributed by atoms with Crippen LogP contribution < -0.4 is 10.5 Å². The van der Waals surface area contributed by atoms with E-state index in [-0.39, 0.29) is 0 Å². The molecule has 4 nitrogen and oxygen atoms in total. The monoisotopic (exact) mass is 280 g/mol. The van der Waals surface area contributed by atoms with Crippen molar-refractivity contribution in [2.75, 3.05) is 13.2 Å². The Hall–Kier alpha value is -1.13. The fourth-order valence-corrected chi connectivity index (χ4v) is 2.33. The molecule has 0 spiro atoms. The van der Waals surface area contributed by atoms with Crippen LogP contribution in [0.2, 0.25) is 0 Å². The van der Waals surface area contributed by atoms with Gasteiger partial charge in [-0.25, -0.2) is 4.98 Å². The van der Waals surface area contributed by atoms with E-state index in [2.05, 4.69) is 18.8 Å². The lowest BCUT2D eigenvalue weighted by Gasteiger charge is -2.16. The third kappa shape index (κ3) is 5.88. The summed E-state index contributed by atoms with van der Waals surface area (Å²) in [5.74, 6) is 1.18. The minimum Gasteiger partial charge on any atom is -0.477 e. The molecule has 1 aromatic heterocycles. The van der Waals surface area contributed by atoms with E-state index < -0.39 is 6.10 Å². The fourth-order valence-electron chi connectivity index (χ4n) is 2.33. The van der Waals surface area contributed by atoms with Crippen LogP contribution in [0.15, 0.2) is 18.2 Å². The number of pyridine rings is 1. The number of aliphatic hydroxyl groups is 1. The van der Waals surface area contributed by atoms with Crippen molar-refractivity contribution in [1.29, 1.82) is 0 Å². The third-order valence-corrected chi connectivity index (χ3v) is 3.39. The van der Waals surface area contributed by atoms with E-state index >= 15 is 0 Å². The minimum atomic E-state index is -0.606. The number of rotatable bonds is 10. The highest BCUT2D eigenvalue weighted by Gasteiger charge is 2.11. The van der Waals surface area contributed by atoms with Gasteiger partial charge in [-0.1, -0.05) is 32.8 Å². The first-order valence-electron chi connectivity index (χ1n) is 7.69. The van der Waals surface area contributed by atoms with Gasteiger partial charge in [0, 0.05) is 6.07 Å². The Kier molecular flexibility index (Phi) is 8.23. The van der Waals surface area contributed by atoms with Crippen LogP contribution in [0, 0.1) is 5.92 Å². The molecule has 0 unspecified atom stereocenters. The van der Waals surface area contributed by atoms with Gasteiger partial charge in [0.1, 0.15) is 0 Å². The Balaban J connectivity index is 2.56. The summed E-state index contributed by atoms with van der Waals surface area (Å²) in [7, 11) is 0. The molecule has 0 aromatic carbocycles. The SMILES string of the molecule is CCCC(CCC)COc1cccc([C@H](O)CCN)n1. The number of aromatic nitrogens is 1. The summed E-state index contributed by atoms with van der Waals surface area (Å²) in [6, 6.07) is 5.52. The van der Waals surface area contributed by atoms with E-state index in [1.165, 1.54) is 25.7 Å². The zero-order valence-electron chi connectivity index (χ0n) is 12.7. The smallest absolute Gasteiger partial charge is 0.213 e. The van der Waals surface area contributed by atoms with Crippen LogP contribution in [-0.4, -0.2) is 23.2 Å². The standard InChI is InChI=1S/C16H28N2O2/c1-3-6-13(7-4-2)12-20-16-9-5-8-14(18-16)15(19)10-11-17/h5,8-9,13,15,19H,3-4,6-7,10-12,17H2,1-2H3/t15-/m1/s1. The predicted molar refractivity (Wildman–Crippen MR) is 81.7 cm³/mol. The van der Waals surface area contributed by atoms with Crippen molar-refractivity contribution in [3.8, 4) is 5.88 Å². The predicted octanol–water partition coefficient (Wildman–Crippen LogP) is 3.06. The maximum absolute atomic E-state index is 9.89. The molecule has 0 amide bonds. The molecule has 20 heavy (non-hydrogen) atoms. The average Bonchev–Trinajstić information content (AvgIpc) is 2.46. The van der Waals surface area contributed by atoms with Crippen molar-refractivity contribution >= 4 is 0 Å². The molecule has 1 heterocycles. The van der Waals surface area contributed by atoms with Crippen LogP contribution in [0.4, 0.5) is 0 Å². The Bertz CT molecular complexity index is 365. The molecular formula is C16H28N2O2. The van der Waals surface area contributed by atoms with E-state index in [1.807, 2.05) is 18.2 Å². The number of nitrogens with zero attached hydrogens (tertiary/aromatic N) is 1. The van der Waals surface area contributed by atoms with Gasteiger partial charge in [0.05, 0.1) is 18.4 Å². The molecule has 1 aromatic rings. The van der Waals surface area contributed by atoms with E-state index in [0.717, 1.165) is 0 Å². The Morgan fingerprint density at radius 3 is 2.50 bits per heavy atom. The Labute approximate surface area is 122 Å². The van der Waals surface area contributed by atoms with Crippen molar-refractivity contribution in [2.45, 2.75) is 52.1 Å². The summed E-state index contributed by atoms with van der Waals surface area (Å²) in [6.45, 7) is 5.55. The van der Waals surface area contributed by atoms with Crippen molar-refractivity contribution in [1.82, 2.24) is 4.98 Å². The van der Waals surface area contributed by atoms with Gasteiger partial charge in [-0.3, -0.25) is 0 Å². The molecule has 0 saturated carbocycles. The first-order chi connectivity index (χ1) is 9.71. The van der Waals surface area contributed by atoms with Gasteiger partial charge in [-0.05, 0) is 37.8 Å². The molecule has 3 N–H and O–H groups in total. The fraction of sp³-hybridized carbons (Fsp3) is 0.688. The van der Waals surface area contributed by atoms with Crippen LogP contribution in [0.25, 0.3) is 0 Å². The normalized spacial score (nSPS) is 12.7. The van der Waals surface area contributed by atoms with Crippen LogP contribution in [0.5, 0.6) is 5.88 Å². The topological polar surface area (TPSA) is 68.4 Å². The van der Waals surface area contributed by atoms with Gasteiger partial charge in [0.25, 0.3) is 0 Å². The summed E-state index contributed by atoms with van der Waals surface area (Å²) in [5.41, 5.74) is 6.09. The van der Waals surface area contributed by atoms with Gasteiger partial charge in [-0.2, -0.15) is 0 Å². The van der Waals surface area contributed by atoms with Crippen LogP contribution in [0.3, 0.4) is 0 Å². The first-order valence-corrected chi connectivity index (χ1v) is 7.69.